The summed E-state index contributed by atoms with van der Waals surface area (Å²) in [7, 11) is 0. The normalized spacial score (nSPS) is 13.7. The predicted octanol–water partition coefficient (Wildman–Crippen LogP) is 5.81. The Bertz CT molecular complexity index is 445. The first-order chi connectivity index (χ1) is 10.4. The van der Waals surface area contributed by atoms with E-state index in [9.17, 15) is 4.79 Å². The number of carbonyl (C=O) groups excluding carboxylic acids is 1. The van der Waals surface area contributed by atoms with E-state index in [0.717, 1.165) is 23.0 Å². The molecule has 0 aliphatic rings. The van der Waals surface area contributed by atoms with Crippen LogP contribution < -0.4 is 10.6 Å². The third kappa shape index (κ3) is 7.83. The van der Waals surface area contributed by atoms with Gasteiger partial charge in [0, 0.05) is 16.2 Å². The van der Waals surface area contributed by atoms with Crippen LogP contribution >= 0.6 is 15.9 Å². The number of hydrogen-bond acceptors (Lipinski definition) is 1. The van der Waals surface area contributed by atoms with Crippen molar-refractivity contribution in [1.82, 2.24) is 5.32 Å². The van der Waals surface area contributed by atoms with Gasteiger partial charge in [-0.3, -0.25) is 0 Å². The summed E-state index contributed by atoms with van der Waals surface area (Å²) in [5.74, 6) is 1.22. The topological polar surface area (TPSA) is 41.1 Å². The van der Waals surface area contributed by atoms with Gasteiger partial charge in [0.25, 0.3) is 0 Å². The lowest BCUT2D eigenvalue weighted by atomic mass is 9.92. The molecule has 0 aliphatic carbocycles. The fourth-order valence-corrected chi connectivity index (χ4v) is 3.03. The molecule has 2 amide bonds. The molecule has 0 saturated heterocycles. The van der Waals surface area contributed by atoms with E-state index in [1.165, 1.54) is 12.8 Å². The Kier molecular flexibility index (Phi) is 8.54. The summed E-state index contributed by atoms with van der Waals surface area (Å²) in [6.45, 7) is 8.88. The Hall–Kier alpha value is -1.03. The molecule has 1 aromatic rings. The van der Waals surface area contributed by atoms with Crippen LogP contribution in [0, 0.1) is 11.8 Å². The minimum atomic E-state index is -0.114. The van der Waals surface area contributed by atoms with E-state index in [1.807, 2.05) is 24.3 Å². The third-order valence-electron chi connectivity index (χ3n) is 3.66. The average molecular weight is 369 g/mol. The van der Waals surface area contributed by atoms with Crippen molar-refractivity contribution in [3.63, 3.8) is 0 Å². The first-order valence-corrected chi connectivity index (χ1v) is 9.03. The van der Waals surface area contributed by atoms with Gasteiger partial charge < -0.3 is 10.6 Å². The van der Waals surface area contributed by atoms with E-state index >= 15 is 0 Å². The van der Waals surface area contributed by atoms with Gasteiger partial charge in [0.2, 0.25) is 0 Å². The van der Waals surface area contributed by atoms with Crippen LogP contribution in [0.25, 0.3) is 0 Å². The maximum Gasteiger partial charge on any atom is 0.319 e. The minimum absolute atomic E-state index is 0.114. The zero-order chi connectivity index (χ0) is 16.5. The Labute approximate surface area is 143 Å². The molecule has 0 fully saturated rings. The first kappa shape index (κ1) is 19.0. The molecule has 2 atom stereocenters. The highest BCUT2D eigenvalue weighted by atomic mass is 79.9. The van der Waals surface area contributed by atoms with Crippen LogP contribution in [0.4, 0.5) is 10.5 Å². The van der Waals surface area contributed by atoms with Crippen LogP contribution in [0.15, 0.2) is 28.7 Å². The molecular formula is C18H29BrN2O. The van der Waals surface area contributed by atoms with Crippen molar-refractivity contribution in [2.75, 3.05) is 5.32 Å². The van der Waals surface area contributed by atoms with Crippen LogP contribution in [-0.4, -0.2) is 12.1 Å². The monoisotopic (exact) mass is 368 g/mol. The zero-order valence-corrected chi connectivity index (χ0v) is 15.7. The summed E-state index contributed by atoms with van der Waals surface area (Å²) in [4.78, 5) is 12.2. The van der Waals surface area contributed by atoms with Gasteiger partial charge in [-0.15, -0.1) is 0 Å². The quantitative estimate of drug-likeness (QED) is 0.596. The summed E-state index contributed by atoms with van der Waals surface area (Å²) >= 11 is 3.39. The molecule has 22 heavy (non-hydrogen) atoms. The van der Waals surface area contributed by atoms with Crippen LogP contribution in [0.5, 0.6) is 0 Å². The summed E-state index contributed by atoms with van der Waals surface area (Å²) in [5.41, 5.74) is 0.811. The predicted molar refractivity (Wildman–Crippen MR) is 98.2 cm³/mol. The Morgan fingerprint density at radius 2 is 1.77 bits per heavy atom. The SMILES string of the molecule is CCCC(C)C[C@H](CC(C)C)NC(=O)Nc1ccc(Br)cc1. The molecule has 0 bridgehead atoms. The third-order valence-corrected chi connectivity index (χ3v) is 4.19. The van der Waals surface area contributed by atoms with E-state index in [4.69, 9.17) is 0 Å². The number of anilines is 1. The first-order valence-electron chi connectivity index (χ1n) is 8.23. The van der Waals surface area contributed by atoms with Gasteiger partial charge in [0.1, 0.15) is 0 Å². The molecule has 0 radical (unpaired) electrons. The lowest BCUT2D eigenvalue weighted by Crippen LogP contribution is -2.39. The number of benzene rings is 1. The highest BCUT2D eigenvalue weighted by Crippen LogP contribution is 2.18. The minimum Gasteiger partial charge on any atom is -0.335 e. The molecule has 0 spiro atoms. The largest absolute Gasteiger partial charge is 0.335 e. The smallest absolute Gasteiger partial charge is 0.319 e. The molecule has 124 valence electrons. The molecule has 1 aromatic carbocycles. The second-order valence-corrected chi connectivity index (χ2v) is 7.48. The molecule has 3 nitrogen and oxygen atoms in total. The van der Waals surface area contributed by atoms with Gasteiger partial charge in [0.05, 0.1) is 0 Å². The number of rotatable bonds is 8. The highest BCUT2D eigenvalue weighted by molar-refractivity contribution is 9.10. The van der Waals surface area contributed by atoms with Crippen molar-refractivity contribution < 1.29 is 4.79 Å². The standard InChI is InChI=1S/C18H29BrN2O/c1-5-6-14(4)12-17(11-13(2)3)21-18(22)20-16-9-7-15(19)8-10-16/h7-10,13-14,17H,5-6,11-12H2,1-4H3,(H2,20,21,22)/t14?,17-/m0/s1. The van der Waals surface area contributed by atoms with Gasteiger partial charge in [-0.2, -0.15) is 0 Å². The van der Waals surface area contributed by atoms with Gasteiger partial charge in [-0.25, -0.2) is 4.79 Å². The second kappa shape index (κ2) is 9.88. The number of urea groups is 1. The Morgan fingerprint density at radius 3 is 2.32 bits per heavy atom. The van der Waals surface area contributed by atoms with E-state index < -0.39 is 0 Å². The zero-order valence-electron chi connectivity index (χ0n) is 14.2. The molecule has 0 saturated carbocycles. The Balaban J connectivity index is 2.55. The number of amides is 2. The Morgan fingerprint density at radius 1 is 1.14 bits per heavy atom. The van der Waals surface area contributed by atoms with Gasteiger partial charge >= 0.3 is 6.03 Å². The summed E-state index contributed by atoms with van der Waals surface area (Å²) < 4.78 is 1.00. The second-order valence-electron chi connectivity index (χ2n) is 6.56. The molecular weight excluding hydrogens is 340 g/mol. The highest BCUT2D eigenvalue weighted by Gasteiger charge is 2.17. The van der Waals surface area contributed by atoms with Crippen molar-refractivity contribution in [3.8, 4) is 0 Å². The summed E-state index contributed by atoms with van der Waals surface area (Å²) in [6.07, 6.45) is 4.47. The van der Waals surface area contributed by atoms with Gasteiger partial charge in [0.15, 0.2) is 0 Å². The fraction of sp³-hybridized carbons (Fsp3) is 0.611. The lowest BCUT2D eigenvalue weighted by molar-refractivity contribution is 0.242. The molecule has 0 heterocycles. The number of halogens is 1. The van der Waals surface area contributed by atoms with Crippen molar-refractivity contribution in [2.24, 2.45) is 11.8 Å². The van der Waals surface area contributed by atoms with Crippen molar-refractivity contribution >= 4 is 27.6 Å². The van der Waals surface area contributed by atoms with Gasteiger partial charge in [-0.05, 0) is 48.9 Å². The molecule has 0 aliphatic heterocycles. The van der Waals surface area contributed by atoms with Crippen molar-refractivity contribution in [3.05, 3.63) is 28.7 Å². The van der Waals surface area contributed by atoms with E-state index in [0.29, 0.717) is 11.8 Å². The van der Waals surface area contributed by atoms with E-state index in [-0.39, 0.29) is 12.1 Å². The number of nitrogens with one attached hydrogen (secondary N) is 2. The summed E-state index contributed by atoms with van der Waals surface area (Å²) in [5, 5.41) is 6.05. The van der Waals surface area contributed by atoms with Crippen LogP contribution in [0.1, 0.15) is 53.4 Å². The fourth-order valence-electron chi connectivity index (χ4n) is 2.77. The van der Waals surface area contributed by atoms with Gasteiger partial charge in [-0.1, -0.05) is 56.5 Å². The van der Waals surface area contributed by atoms with E-state index in [1.54, 1.807) is 0 Å². The summed E-state index contributed by atoms with van der Waals surface area (Å²) in [6, 6.07) is 7.74. The average Bonchev–Trinajstić information content (AvgIpc) is 2.40. The van der Waals surface area contributed by atoms with Crippen LogP contribution in [-0.2, 0) is 0 Å². The lowest BCUT2D eigenvalue weighted by Gasteiger charge is -2.24. The molecule has 1 unspecified atom stereocenters. The maximum absolute atomic E-state index is 12.2. The van der Waals surface area contributed by atoms with Crippen LogP contribution in [0.3, 0.4) is 0 Å². The van der Waals surface area contributed by atoms with Crippen molar-refractivity contribution in [1.29, 1.82) is 0 Å². The number of hydrogen-bond donors (Lipinski definition) is 2. The van der Waals surface area contributed by atoms with E-state index in [2.05, 4.69) is 54.3 Å². The molecule has 2 N–H and O–H groups in total. The maximum atomic E-state index is 12.2. The molecule has 4 heteroatoms. The van der Waals surface area contributed by atoms with Crippen LogP contribution in [0.2, 0.25) is 0 Å². The molecule has 0 aromatic heterocycles. The van der Waals surface area contributed by atoms with Crippen molar-refractivity contribution in [2.45, 2.75) is 59.4 Å². The molecule has 1 rings (SSSR count). The number of carbonyl (C=O) groups is 1.